The highest BCUT2D eigenvalue weighted by Gasteiger charge is 2.31. The summed E-state index contributed by atoms with van der Waals surface area (Å²) in [5.74, 6) is 1.49. The number of nitrogens with zero attached hydrogens (tertiary/aromatic N) is 2. The van der Waals surface area contributed by atoms with Gasteiger partial charge >= 0.3 is 0 Å². The lowest BCUT2D eigenvalue weighted by atomic mass is 10.2. The second kappa shape index (κ2) is 9.15. The Morgan fingerprint density at radius 2 is 1.74 bits per heavy atom. The normalized spacial score (nSPS) is 16.7. The van der Waals surface area contributed by atoms with Crippen LogP contribution < -0.4 is 14.2 Å². The molecule has 4 rings (SSSR count). The van der Waals surface area contributed by atoms with Crippen molar-refractivity contribution in [1.82, 2.24) is 9.21 Å². The van der Waals surface area contributed by atoms with Crippen molar-refractivity contribution in [3.05, 3.63) is 48.0 Å². The van der Waals surface area contributed by atoms with Crippen molar-refractivity contribution < 1.29 is 27.4 Å². The summed E-state index contributed by atoms with van der Waals surface area (Å²) in [6.07, 6.45) is 0.894. The Morgan fingerprint density at radius 3 is 2.48 bits per heavy atom. The fourth-order valence-corrected chi connectivity index (χ4v) is 5.04. The first-order valence-corrected chi connectivity index (χ1v) is 11.8. The summed E-state index contributed by atoms with van der Waals surface area (Å²) >= 11 is 0. The number of carbonyl (C=O) groups is 1. The Hall–Kier alpha value is -2.78. The lowest BCUT2D eigenvalue weighted by Crippen LogP contribution is -2.51. The van der Waals surface area contributed by atoms with Gasteiger partial charge < -0.3 is 19.1 Å². The number of ether oxygens (including phenoxy) is 3. The van der Waals surface area contributed by atoms with Crippen molar-refractivity contribution in [2.75, 3.05) is 46.0 Å². The van der Waals surface area contributed by atoms with Crippen LogP contribution in [0.2, 0.25) is 0 Å². The molecule has 0 unspecified atom stereocenters. The third kappa shape index (κ3) is 4.77. The van der Waals surface area contributed by atoms with Crippen molar-refractivity contribution in [1.29, 1.82) is 0 Å². The van der Waals surface area contributed by atoms with Crippen LogP contribution in [0.3, 0.4) is 0 Å². The average Bonchev–Trinajstić information content (AvgIpc) is 2.82. The van der Waals surface area contributed by atoms with E-state index in [0.29, 0.717) is 43.6 Å². The third-order valence-corrected chi connectivity index (χ3v) is 7.31. The average molecular weight is 447 g/mol. The summed E-state index contributed by atoms with van der Waals surface area (Å²) in [4.78, 5) is 14.3. The summed E-state index contributed by atoms with van der Waals surface area (Å²) in [5.41, 5.74) is 1.14. The van der Waals surface area contributed by atoms with Crippen LogP contribution in [0.25, 0.3) is 0 Å². The molecule has 2 aromatic carbocycles. The van der Waals surface area contributed by atoms with Crippen molar-refractivity contribution in [3.63, 3.8) is 0 Å². The molecular formula is C22H26N2O6S. The lowest BCUT2D eigenvalue weighted by molar-refractivity contribution is -0.134. The van der Waals surface area contributed by atoms with Crippen LogP contribution >= 0.6 is 0 Å². The number of benzene rings is 2. The molecule has 0 radical (unpaired) electrons. The molecule has 31 heavy (non-hydrogen) atoms. The molecule has 1 saturated heterocycles. The molecule has 0 N–H and O–H groups in total. The molecule has 9 heteroatoms. The predicted molar refractivity (Wildman–Crippen MR) is 114 cm³/mol. The molecule has 2 heterocycles. The zero-order valence-corrected chi connectivity index (χ0v) is 18.3. The monoisotopic (exact) mass is 446 g/mol. The molecule has 0 spiro atoms. The quantitative estimate of drug-likeness (QED) is 0.674. The Balaban J connectivity index is 1.33. The minimum atomic E-state index is -3.68. The molecule has 0 aromatic heterocycles. The molecular weight excluding hydrogens is 420 g/mol. The highest BCUT2D eigenvalue weighted by Crippen LogP contribution is 2.33. The van der Waals surface area contributed by atoms with Crippen molar-refractivity contribution in [3.8, 4) is 17.2 Å². The van der Waals surface area contributed by atoms with Crippen LogP contribution in [-0.4, -0.2) is 69.5 Å². The van der Waals surface area contributed by atoms with Gasteiger partial charge in [-0.3, -0.25) is 4.79 Å². The minimum absolute atomic E-state index is 0.0674. The second-order valence-corrected chi connectivity index (χ2v) is 9.32. The first kappa shape index (κ1) is 21.5. The molecule has 2 aliphatic rings. The summed E-state index contributed by atoms with van der Waals surface area (Å²) in [6, 6.07) is 12.3. The van der Waals surface area contributed by atoms with Gasteiger partial charge in [-0.15, -0.1) is 0 Å². The van der Waals surface area contributed by atoms with Crippen LogP contribution in [0.5, 0.6) is 17.2 Å². The molecule has 166 valence electrons. The second-order valence-electron chi connectivity index (χ2n) is 7.38. The van der Waals surface area contributed by atoms with E-state index in [1.54, 1.807) is 11.0 Å². The van der Waals surface area contributed by atoms with Crippen molar-refractivity contribution in [2.45, 2.75) is 18.2 Å². The van der Waals surface area contributed by atoms with Gasteiger partial charge in [-0.05, 0) is 36.2 Å². The number of amides is 1. The topological polar surface area (TPSA) is 85.4 Å². The van der Waals surface area contributed by atoms with E-state index in [0.717, 1.165) is 12.0 Å². The molecule has 0 aliphatic carbocycles. The van der Waals surface area contributed by atoms with Crippen LogP contribution in [0, 0.1) is 0 Å². The number of carbonyl (C=O) groups excluding carboxylic acids is 1. The summed E-state index contributed by atoms with van der Waals surface area (Å²) < 4.78 is 44.0. The number of hydrogen-bond acceptors (Lipinski definition) is 6. The van der Waals surface area contributed by atoms with Gasteiger partial charge in [-0.25, -0.2) is 8.42 Å². The summed E-state index contributed by atoms with van der Waals surface area (Å²) in [7, 11) is -3.68. The van der Waals surface area contributed by atoms with Crippen molar-refractivity contribution >= 4 is 15.9 Å². The van der Waals surface area contributed by atoms with Crippen LogP contribution in [0.1, 0.15) is 12.5 Å². The maximum Gasteiger partial charge on any atom is 0.260 e. The van der Waals surface area contributed by atoms with E-state index in [1.807, 2.05) is 24.3 Å². The number of rotatable bonds is 6. The number of sulfonamides is 1. The van der Waals surface area contributed by atoms with E-state index in [1.165, 1.54) is 16.4 Å². The van der Waals surface area contributed by atoms with Crippen molar-refractivity contribution in [2.24, 2.45) is 0 Å². The first-order chi connectivity index (χ1) is 15.0. The van der Waals surface area contributed by atoms with E-state index in [4.69, 9.17) is 14.2 Å². The van der Waals surface area contributed by atoms with Gasteiger partial charge in [0.15, 0.2) is 18.1 Å². The molecule has 0 bridgehead atoms. The Morgan fingerprint density at radius 1 is 1.00 bits per heavy atom. The SMILES string of the molecule is CCc1cccc(OCC(=O)N2CCN(S(=O)(=O)c3ccc4c(c3)OCCO4)CC2)c1. The predicted octanol–water partition coefficient (Wildman–Crippen LogP) is 1.93. The maximum atomic E-state index is 13.0. The van der Waals surface area contributed by atoms with Gasteiger partial charge in [0.05, 0.1) is 4.90 Å². The Labute approximate surface area is 182 Å². The van der Waals surface area contributed by atoms with Gasteiger partial charge in [0.1, 0.15) is 19.0 Å². The third-order valence-electron chi connectivity index (χ3n) is 5.41. The molecule has 0 atom stereocenters. The number of piperazine rings is 1. The van der Waals surface area contributed by atoms with Crippen LogP contribution in [0.4, 0.5) is 0 Å². The fraction of sp³-hybridized carbons (Fsp3) is 0.409. The molecule has 2 aliphatic heterocycles. The van der Waals surface area contributed by atoms with E-state index >= 15 is 0 Å². The number of hydrogen-bond donors (Lipinski definition) is 0. The van der Waals surface area contributed by atoms with Gasteiger partial charge in [0.25, 0.3) is 5.91 Å². The van der Waals surface area contributed by atoms with E-state index < -0.39 is 10.0 Å². The number of fused-ring (bicyclic) bond motifs is 1. The van der Waals surface area contributed by atoms with Gasteiger partial charge in [-0.1, -0.05) is 19.1 Å². The van der Waals surface area contributed by atoms with E-state index in [9.17, 15) is 13.2 Å². The van der Waals surface area contributed by atoms with Crippen LogP contribution in [0.15, 0.2) is 47.4 Å². The molecule has 1 fully saturated rings. The fourth-order valence-electron chi connectivity index (χ4n) is 3.60. The van der Waals surface area contributed by atoms with Gasteiger partial charge in [0.2, 0.25) is 10.0 Å². The summed E-state index contributed by atoms with van der Waals surface area (Å²) in [5, 5.41) is 0. The molecule has 0 saturated carbocycles. The summed E-state index contributed by atoms with van der Waals surface area (Å²) in [6.45, 7) is 3.93. The Bertz CT molecular complexity index is 1050. The minimum Gasteiger partial charge on any atom is -0.486 e. The smallest absolute Gasteiger partial charge is 0.260 e. The maximum absolute atomic E-state index is 13.0. The highest BCUT2D eigenvalue weighted by molar-refractivity contribution is 7.89. The number of aryl methyl sites for hydroxylation is 1. The zero-order chi connectivity index (χ0) is 21.8. The zero-order valence-electron chi connectivity index (χ0n) is 17.5. The largest absolute Gasteiger partial charge is 0.486 e. The van der Waals surface area contributed by atoms with E-state index in [-0.39, 0.29) is 30.5 Å². The highest BCUT2D eigenvalue weighted by atomic mass is 32.2. The Kier molecular flexibility index (Phi) is 6.33. The van der Waals surface area contributed by atoms with Crippen LogP contribution in [-0.2, 0) is 21.2 Å². The standard InChI is InChI=1S/C22H26N2O6S/c1-2-17-4-3-5-18(14-17)30-16-22(25)23-8-10-24(11-9-23)31(26,27)19-6-7-20-21(15-19)29-13-12-28-20/h3-7,14-15H,2,8-13,16H2,1H3. The molecule has 1 amide bonds. The van der Waals surface area contributed by atoms with E-state index in [2.05, 4.69) is 6.92 Å². The first-order valence-electron chi connectivity index (χ1n) is 10.4. The molecule has 2 aromatic rings. The van der Waals surface area contributed by atoms with Gasteiger partial charge in [-0.2, -0.15) is 4.31 Å². The molecule has 8 nitrogen and oxygen atoms in total. The lowest BCUT2D eigenvalue weighted by Gasteiger charge is -2.34. The van der Waals surface area contributed by atoms with Gasteiger partial charge in [0, 0.05) is 32.2 Å².